The van der Waals surface area contributed by atoms with E-state index in [9.17, 15) is 4.79 Å². The van der Waals surface area contributed by atoms with Gasteiger partial charge in [0.15, 0.2) is 0 Å². The summed E-state index contributed by atoms with van der Waals surface area (Å²) in [5.74, 6) is 0.169. The number of benzene rings is 1. The molecule has 4 heteroatoms. The van der Waals surface area contributed by atoms with E-state index < -0.39 is 0 Å². The topological polar surface area (TPSA) is 52.3 Å². The summed E-state index contributed by atoms with van der Waals surface area (Å²) in [6, 6.07) is 7.70. The summed E-state index contributed by atoms with van der Waals surface area (Å²) < 4.78 is 4.58. The van der Waals surface area contributed by atoms with Crippen molar-refractivity contribution in [2.75, 3.05) is 18.6 Å². The number of carbonyl (C=O) groups excluding carboxylic acids is 1. The first-order valence-electron chi connectivity index (χ1n) is 4.67. The predicted octanol–water partition coefficient (Wildman–Crippen LogP) is 2.24. The molecule has 0 aliphatic carbocycles. The molecule has 1 aromatic carbocycles. The minimum atomic E-state index is -0.198. The number of nitrogens with two attached hydrogens (primary N) is 1. The van der Waals surface area contributed by atoms with Crippen LogP contribution in [-0.2, 0) is 9.53 Å². The minimum absolute atomic E-state index is 0.198. The van der Waals surface area contributed by atoms with Crippen LogP contribution in [0.3, 0.4) is 0 Å². The predicted molar refractivity (Wildman–Crippen MR) is 63.7 cm³/mol. The summed E-state index contributed by atoms with van der Waals surface area (Å²) in [6.07, 6.45) is 0. The summed E-state index contributed by atoms with van der Waals surface area (Å²) in [5, 5.41) is 0.243. The van der Waals surface area contributed by atoms with Gasteiger partial charge in [0.1, 0.15) is 0 Å². The molecule has 0 fully saturated rings. The second-order valence-electron chi connectivity index (χ2n) is 3.20. The average Bonchev–Trinajstić information content (AvgIpc) is 2.25. The van der Waals surface area contributed by atoms with Crippen molar-refractivity contribution in [3.8, 4) is 0 Å². The number of ether oxygens (including phenoxy) is 1. The summed E-state index contributed by atoms with van der Waals surface area (Å²) >= 11 is 1.54. The maximum atomic E-state index is 10.9. The van der Waals surface area contributed by atoms with E-state index >= 15 is 0 Å². The van der Waals surface area contributed by atoms with E-state index in [1.165, 1.54) is 7.11 Å². The van der Waals surface area contributed by atoms with Crippen molar-refractivity contribution in [2.24, 2.45) is 0 Å². The Morgan fingerprint density at radius 1 is 1.60 bits per heavy atom. The molecule has 0 bridgehead atoms. The van der Waals surface area contributed by atoms with Gasteiger partial charge in [0.25, 0.3) is 0 Å². The van der Waals surface area contributed by atoms with Crippen molar-refractivity contribution in [3.63, 3.8) is 0 Å². The quantitative estimate of drug-likeness (QED) is 0.630. The van der Waals surface area contributed by atoms with Gasteiger partial charge in [-0.25, -0.2) is 0 Å². The fourth-order valence-electron chi connectivity index (χ4n) is 1.16. The molecular weight excluding hydrogens is 210 g/mol. The van der Waals surface area contributed by atoms with Gasteiger partial charge in [-0.05, 0) is 24.6 Å². The van der Waals surface area contributed by atoms with Crippen LogP contribution in [0.25, 0.3) is 0 Å². The Balaban J connectivity index is 2.53. The highest BCUT2D eigenvalue weighted by molar-refractivity contribution is 8.00. The van der Waals surface area contributed by atoms with Gasteiger partial charge in [-0.3, -0.25) is 4.79 Å². The lowest BCUT2D eigenvalue weighted by molar-refractivity contribution is -0.137. The van der Waals surface area contributed by atoms with Crippen molar-refractivity contribution in [1.29, 1.82) is 0 Å². The zero-order valence-electron chi connectivity index (χ0n) is 8.90. The van der Waals surface area contributed by atoms with Crippen molar-refractivity contribution in [1.82, 2.24) is 0 Å². The van der Waals surface area contributed by atoms with Crippen molar-refractivity contribution >= 4 is 23.4 Å². The number of hydrogen-bond acceptors (Lipinski definition) is 4. The molecule has 1 atom stereocenters. The number of rotatable bonds is 4. The van der Waals surface area contributed by atoms with Gasteiger partial charge in [-0.15, -0.1) is 11.8 Å². The second-order valence-corrected chi connectivity index (χ2v) is 4.53. The van der Waals surface area contributed by atoms with E-state index in [1.807, 2.05) is 31.2 Å². The third-order valence-electron chi connectivity index (χ3n) is 2.06. The number of thioether (sulfide) groups is 1. The maximum absolute atomic E-state index is 10.9. The first kappa shape index (κ1) is 11.9. The summed E-state index contributed by atoms with van der Waals surface area (Å²) in [4.78, 5) is 10.9. The minimum Gasteiger partial charge on any atom is -0.468 e. The molecule has 0 amide bonds. The molecule has 1 rings (SSSR count). The molecule has 1 unspecified atom stereocenters. The van der Waals surface area contributed by atoms with Gasteiger partial charge >= 0.3 is 5.97 Å². The summed E-state index contributed by atoms with van der Waals surface area (Å²) in [7, 11) is 1.40. The van der Waals surface area contributed by atoms with Gasteiger partial charge in [0, 0.05) is 10.9 Å². The second kappa shape index (κ2) is 5.66. The van der Waals surface area contributed by atoms with E-state index in [0.717, 1.165) is 11.3 Å². The number of anilines is 1. The van der Waals surface area contributed by atoms with Gasteiger partial charge < -0.3 is 10.5 Å². The van der Waals surface area contributed by atoms with E-state index in [4.69, 9.17) is 5.73 Å². The van der Waals surface area contributed by atoms with E-state index in [1.54, 1.807) is 11.8 Å². The van der Waals surface area contributed by atoms with Crippen LogP contribution in [0.1, 0.15) is 17.7 Å². The third-order valence-corrected chi connectivity index (χ3v) is 3.23. The average molecular weight is 225 g/mol. The van der Waals surface area contributed by atoms with Crippen molar-refractivity contribution in [2.45, 2.75) is 12.2 Å². The molecular formula is C11H15NO2S. The molecule has 0 aliphatic heterocycles. The first-order chi connectivity index (χ1) is 7.13. The molecule has 0 saturated carbocycles. The van der Waals surface area contributed by atoms with Crippen molar-refractivity contribution in [3.05, 3.63) is 29.8 Å². The number of hydrogen-bond donors (Lipinski definition) is 1. The van der Waals surface area contributed by atoms with E-state index in [2.05, 4.69) is 4.74 Å². The van der Waals surface area contributed by atoms with Crippen molar-refractivity contribution < 1.29 is 9.53 Å². The molecule has 3 nitrogen and oxygen atoms in total. The molecule has 1 aromatic rings. The highest BCUT2D eigenvalue weighted by atomic mass is 32.2. The fourth-order valence-corrected chi connectivity index (χ4v) is 2.00. The van der Waals surface area contributed by atoms with Gasteiger partial charge in [-0.2, -0.15) is 0 Å². The van der Waals surface area contributed by atoms with E-state index in [0.29, 0.717) is 5.75 Å². The van der Waals surface area contributed by atoms with Crippen LogP contribution < -0.4 is 5.73 Å². The van der Waals surface area contributed by atoms with Crippen LogP contribution in [0.2, 0.25) is 0 Å². The number of methoxy groups -OCH3 is 1. The smallest absolute Gasteiger partial charge is 0.315 e. The highest BCUT2D eigenvalue weighted by Gasteiger charge is 2.09. The summed E-state index contributed by atoms with van der Waals surface area (Å²) in [6.45, 7) is 2.04. The lowest BCUT2D eigenvalue weighted by Crippen LogP contribution is -2.04. The van der Waals surface area contributed by atoms with Crippen LogP contribution in [0.15, 0.2) is 24.3 Å². The van der Waals surface area contributed by atoms with E-state index in [-0.39, 0.29) is 11.2 Å². The molecule has 0 saturated heterocycles. The van der Waals surface area contributed by atoms with Crippen LogP contribution in [0, 0.1) is 0 Å². The zero-order valence-corrected chi connectivity index (χ0v) is 9.71. The molecule has 0 aliphatic rings. The largest absolute Gasteiger partial charge is 0.468 e. The Morgan fingerprint density at radius 3 is 2.93 bits per heavy atom. The van der Waals surface area contributed by atoms with Gasteiger partial charge in [-0.1, -0.05) is 12.1 Å². The fraction of sp³-hybridized carbons (Fsp3) is 0.364. The monoisotopic (exact) mass is 225 g/mol. The molecule has 0 heterocycles. The lowest BCUT2D eigenvalue weighted by atomic mass is 10.1. The molecule has 2 N–H and O–H groups in total. The van der Waals surface area contributed by atoms with Crippen LogP contribution in [0.5, 0.6) is 0 Å². The molecule has 0 aromatic heterocycles. The Kier molecular flexibility index (Phi) is 4.49. The summed E-state index contributed by atoms with van der Waals surface area (Å²) in [5.41, 5.74) is 7.55. The third kappa shape index (κ3) is 3.83. The maximum Gasteiger partial charge on any atom is 0.315 e. The lowest BCUT2D eigenvalue weighted by Gasteiger charge is -2.11. The normalized spacial score (nSPS) is 12.1. The molecule has 0 spiro atoms. The Hall–Kier alpha value is -1.16. The number of nitrogen functional groups attached to an aromatic ring is 1. The SMILES string of the molecule is COC(=O)CSC(C)c1cccc(N)c1. The Morgan fingerprint density at radius 2 is 2.33 bits per heavy atom. The van der Waals surface area contributed by atoms with Crippen LogP contribution in [-0.4, -0.2) is 18.8 Å². The van der Waals surface area contributed by atoms with Crippen LogP contribution >= 0.6 is 11.8 Å². The Bertz CT molecular complexity index is 341. The zero-order chi connectivity index (χ0) is 11.3. The molecule has 0 radical (unpaired) electrons. The van der Waals surface area contributed by atoms with Gasteiger partial charge in [0.05, 0.1) is 12.9 Å². The molecule has 82 valence electrons. The standard InChI is InChI=1S/C11H15NO2S/c1-8(15-7-11(13)14-2)9-4-3-5-10(12)6-9/h3-6,8H,7,12H2,1-2H3. The Labute approximate surface area is 94.0 Å². The highest BCUT2D eigenvalue weighted by Crippen LogP contribution is 2.28. The first-order valence-corrected chi connectivity index (χ1v) is 5.72. The van der Waals surface area contributed by atoms with Gasteiger partial charge in [0.2, 0.25) is 0 Å². The number of esters is 1. The number of carbonyl (C=O) groups is 1. The van der Waals surface area contributed by atoms with Crippen LogP contribution in [0.4, 0.5) is 5.69 Å². The molecule has 15 heavy (non-hydrogen) atoms.